The summed E-state index contributed by atoms with van der Waals surface area (Å²) in [6, 6.07) is 0. The number of carbonyl (C=O) groups is 2. The Balaban J connectivity index is 0. The number of Topliss-reactive ketones (excluding diaryl/α,β-unsaturated/α-hetero) is 2. The first-order valence-electron chi connectivity index (χ1n) is 2.12. The van der Waals surface area contributed by atoms with E-state index in [9.17, 15) is 9.59 Å². The van der Waals surface area contributed by atoms with Gasteiger partial charge in [0.2, 0.25) is 0 Å². The van der Waals surface area contributed by atoms with Crippen LogP contribution in [0.4, 0.5) is 0 Å². The molecular formula is C5H8HfO2. The van der Waals surface area contributed by atoms with Gasteiger partial charge in [0.25, 0.3) is 0 Å². The van der Waals surface area contributed by atoms with Crippen LogP contribution in [-0.2, 0) is 35.4 Å². The largest absolute Gasteiger partial charge is 0.300 e. The van der Waals surface area contributed by atoms with Crippen molar-refractivity contribution in [3.63, 3.8) is 0 Å². The molecule has 0 aromatic heterocycles. The maximum atomic E-state index is 10.0. The molecule has 0 amide bonds. The first-order chi connectivity index (χ1) is 3.13. The molecule has 2 nitrogen and oxygen atoms in total. The molecule has 0 fully saturated rings. The number of carbonyl (C=O) groups excluding carboxylic acids is 2. The van der Waals surface area contributed by atoms with Gasteiger partial charge in [0.05, 0.1) is 6.42 Å². The Bertz CT molecular complexity index is 86.6. The molecule has 0 heterocycles. The minimum atomic E-state index is -0.0625. The van der Waals surface area contributed by atoms with Gasteiger partial charge in [-0.2, -0.15) is 0 Å². The Kier molecular flexibility index (Phi) is 7.40. The average Bonchev–Trinajstić information content (AvgIpc) is 1.27. The second-order valence-electron chi connectivity index (χ2n) is 1.58. The third-order valence-corrected chi connectivity index (χ3v) is 0.498. The van der Waals surface area contributed by atoms with Crippen LogP contribution in [0.25, 0.3) is 0 Å². The van der Waals surface area contributed by atoms with Crippen molar-refractivity contribution in [2.75, 3.05) is 0 Å². The van der Waals surface area contributed by atoms with E-state index in [-0.39, 0.29) is 43.8 Å². The third-order valence-electron chi connectivity index (χ3n) is 0.498. The molecule has 0 unspecified atom stereocenters. The molecular weight excluding hydrogens is 271 g/mol. The molecule has 0 aromatic rings. The van der Waals surface area contributed by atoms with E-state index < -0.39 is 0 Å². The molecule has 0 N–H and O–H groups in total. The van der Waals surface area contributed by atoms with E-state index in [0.717, 1.165) is 0 Å². The predicted octanol–water partition coefficient (Wildman–Crippen LogP) is 0.552. The predicted molar refractivity (Wildman–Crippen MR) is 26.0 cm³/mol. The van der Waals surface area contributed by atoms with Crippen molar-refractivity contribution in [1.82, 2.24) is 0 Å². The number of rotatable bonds is 2. The van der Waals surface area contributed by atoms with Crippen molar-refractivity contribution in [3.8, 4) is 0 Å². The molecule has 0 rings (SSSR count). The van der Waals surface area contributed by atoms with Crippen LogP contribution in [-0.4, -0.2) is 11.6 Å². The Hall–Kier alpha value is 0.210. The van der Waals surface area contributed by atoms with Crippen LogP contribution in [0.2, 0.25) is 0 Å². The van der Waals surface area contributed by atoms with Gasteiger partial charge in [-0.15, -0.1) is 0 Å². The van der Waals surface area contributed by atoms with Crippen molar-refractivity contribution < 1.29 is 35.4 Å². The van der Waals surface area contributed by atoms with Crippen molar-refractivity contribution in [1.29, 1.82) is 0 Å². The van der Waals surface area contributed by atoms with Crippen molar-refractivity contribution in [2.45, 2.75) is 20.3 Å². The summed E-state index contributed by atoms with van der Waals surface area (Å²) < 4.78 is 0. The quantitative estimate of drug-likeness (QED) is 0.546. The van der Waals surface area contributed by atoms with Crippen LogP contribution in [0.3, 0.4) is 0 Å². The van der Waals surface area contributed by atoms with E-state index in [1.807, 2.05) is 0 Å². The molecule has 0 saturated carbocycles. The fourth-order valence-corrected chi connectivity index (χ4v) is 0.351. The normalized spacial score (nSPS) is 7.25. The maximum absolute atomic E-state index is 10.0. The van der Waals surface area contributed by atoms with Gasteiger partial charge < -0.3 is 0 Å². The number of ketones is 2. The van der Waals surface area contributed by atoms with Crippen LogP contribution >= 0.6 is 0 Å². The standard InChI is InChI=1S/C5H8O2.Hf/c1-4(6)3-5(2)7;/h3H2,1-2H3;. The minimum absolute atomic E-state index is 0. The van der Waals surface area contributed by atoms with E-state index in [4.69, 9.17) is 0 Å². The molecule has 0 saturated heterocycles. The fourth-order valence-electron chi connectivity index (χ4n) is 0.351. The molecule has 0 atom stereocenters. The monoisotopic (exact) mass is 280 g/mol. The van der Waals surface area contributed by atoms with Gasteiger partial charge in [-0.1, -0.05) is 0 Å². The minimum Gasteiger partial charge on any atom is -0.300 e. The van der Waals surface area contributed by atoms with Gasteiger partial charge in [-0.3, -0.25) is 9.59 Å². The second-order valence-corrected chi connectivity index (χ2v) is 1.58. The summed E-state index contributed by atoms with van der Waals surface area (Å²) in [6.45, 7) is 2.81. The van der Waals surface area contributed by atoms with Crippen LogP contribution in [0.5, 0.6) is 0 Å². The van der Waals surface area contributed by atoms with Gasteiger partial charge in [0.15, 0.2) is 0 Å². The second kappa shape index (κ2) is 5.35. The SMILES string of the molecule is CC(=O)CC(C)=O.[Hf]. The van der Waals surface area contributed by atoms with Crippen molar-refractivity contribution in [2.24, 2.45) is 0 Å². The molecule has 0 aromatic carbocycles. The topological polar surface area (TPSA) is 34.1 Å². The van der Waals surface area contributed by atoms with E-state index in [2.05, 4.69) is 0 Å². The smallest absolute Gasteiger partial charge is 0.137 e. The van der Waals surface area contributed by atoms with Crippen LogP contribution in [0, 0.1) is 0 Å². The maximum Gasteiger partial charge on any atom is 0.137 e. The third kappa shape index (κ3) is 9.51. The molecule has 44 valence electrons. The molecule has 0 aliphatic rings. The fraction of sp³-hybridized carbons (Fsp3) is 0.600. The summed E-state index contributed by atoms with van der Waals surface area (Å²) in [7, 11) is 0. The van der Waals surface area contributed by atoms with Gasteiger partial charge in [0.1, 0.15) is 11.6 Å². The van der Waals surface area contributed by atoms with Gasteiger partial charge in [-0.05, 0) is 13.8 Å². The zero-order valence-electron chi connectivity index (χ0n) is 5.02. The zero-order valence-corrected chi connectivity index (χ0v) is 8.62. The summed E-state index contributed by atoms with van der Waals surface area (Å²) in [5.74, 6) is -0.125. The number of hydrogen-bond donors (Lipinski definition) is 0. The Morgan fingerprint density at radius 2 is 1.38 bits per heavy atom. The van der Waals surface area contributed by atoms with E-state index in [1.54, 1.807) is 0 Å². The average molecular weight is 279 g/mol. The summed E-state index contributed by atoms with van der Waals surface area (Å²) in [4.78, 5) is 20.1. The summed E-state index contributed by atoms with van der Waals surface area (Å²) in [6.07, 6.45) is 0.0833. The van der Waals surface area contributed by atoms with Crippen LogP contribution in [0.1, 0.15) is 20.3 Å². The van der Waals surface area contributed by atoms with E-state index in [1.165, 1.54) is 13.8 Å². The molecule has 0 spiro atoms. The Labute approximate surface area is 67.4 Å². The van der Waals surface area contributed by atoms with Gasteiger partial charge >= 0.3 is 0 Å². The first kappa shape index (κ1) is 11.1. The molecule has 0 bridgehead atoms. The van der Waals surface area contributed by atoms with Crippen LogP contribution < -0.4 is 0 Å². The molecule has 0 aliphatic carbocycles. The van der Waals surface area contributed by atoms with Gasteiger partial charge in [-0.25, -0.2) is 0 Å². The number of hydrogen-bond acceptors (Lipinski definition) is 2. The molecule has 8 heavy (non-hydrogen) atoms. The summed E-state index contributed by atoms with van der Waals surface area (Å²) in [5, 5.41) is 0. The Morgan fingerprint density at radius 3 is 1.38 bits per heavy atom. The molecule has 3 heteroatoms. The van der Waals surface area contributed by atoms with E-state index in [0.29, 0.717) is 0 Å². The van der Waals surface area contributed by atoms with Crippen molar-refractivity contribution in [3.05, 3.63) is 0 Å². The van der Waals surface area contributed by atoms with Gasteiger partial charge in [0, 0.05) is 25.8 Å². The first-order valence-corrected chi connectivity index (χ1v) is 2.12. The van der Waals surface area contributed by atoms with Crippen LogP contribution in [0.15, 0.2) is 0 Å². The summed E-state index contributed by atoms with van der Waals surface area (Å²) >= 11 is 0. The zero-order chi connectivity index (χ0) is 5.86. The van der Waals surface area contributed by atoms with E-state index >= 15 is 0 Å². The summed E-state index contributed by atoms with van der Waals surface area (Å²) in [5.41, 5.74) is 0. The van der Waals surface area contributed by atoms with Crippen molar-refractivity contribution >= 4 is 11.6 Å². The molecule has 0 aliphatic heterocycles. The molecule has 0 radical (unpaired) electrons. The Morgan fingerprint density at radius 1 is 1.12 bits per heavy atom.